The smallest absolute Gasteiger partial charge is 0.256 e. The molecule has 3 aromatic rings. The number of benzene rings is 2. The Labute approximate surface area is 180 Å². The number of nitrogens with zero attached hydrogens (tertiary/aromatic N) is 4. The van der Waals surface area contributed by atoms with Gasteiger partial charge in [0, 0.05) is 42.9 Å². The fourth-order valence-electron chi connectivity index (χ4n) is 5.98. The molecule has 0 N–H and O–H groups in total. The van der Waals surface area contributed by atoms with Crippen LogP contribution >= 0.6 is 0 Å². The first-order chi connectivity index (χ1) is 15.2. The summed E-state index contributed by atoms with van der Waals surface area (Å²) in [6.45, 7) is 3.78. The molecule has 0 saturated carbocycles. The Kier molecular flexibility index (Phi) is 4.49. The van der Waals surface area contributed by atoms with Gasteiger partial charge >= 0.3 is 0 Å². The average molecular weight is 417 g/mol. The number of halogens is 1. The summed E-state index contributed by atoms with van der Waals surface area (Å²) < 4.78 is 14.7. The van der Waals surface area contributed by atoms with E-state index >= 15 is 0 Å². The SMILES string of the molecule is O=C(c1cc(Cc2nncc3ccccc23)ccc1F)N1C[C@H]2CN3CCCC3[C@H]2C1. The van der Waals surface area contributed by atoms with Gasteiger partial charge in [0.2, 0.25) is 0 Å². The lowest BCUT2D eigenvalue weighted by Crippen LogP contribution is -2.35. The second-order valence-corrected chi connectivity index (χ2v) is 9.21. The van der Waals surface area contributed by atoms with E-state index in [-0.39, 0.29) is 11.5 Å². The number of rotatable bonds is 3. The van der Waals surface area contributed by atoms with Crippen molar-refractivity contribution in [1.82, 2.24) is 20.0 Å². The van der Waals surface area contributed by atoms with Gasteiger partial charge in [0.25, 0.3) is 5.91 Å². The van der Waals surface area contributed by atoms with E-state index in [9.17, 15) is 9.18 Å². The maximum absolute atomic E-state index is 14.7. The Morgan fingerprint density at radius 2 is 2.03 bits per heavy atom. The van der Waals surface area contributed by atoms with Crippen LogP contribution in [0, 0.1) is 17.7 Å². The van der Waals surface area contributed by atoms with E-state index in [4.69, 9.17) is 0 Å². The second kappa shape index (κ2) is 7.38. The summed E-state index contributed by atoms with van der Waals surface area (Å²) in [5.74, 6) is 0.453. The number of aromatic nitrogens is 2. The monoisotopic (exact) mass is 416 g/mol. The molecule has 0 aliphatic carbocycles. The molecule has 0 bridgehead atoms. The molecular formula is C25H25FN4O. The van der Waals surface area contributed by atoms with Crippen LogP contribution in [-0.4, -0.2) is 58.1 Å². The summed E-state index contributed by atoms with van der Waals surface area (Å²) in [7, 11) is 0. The lowest BCUT2D eigenvalue weighted by Gasteiger charge is -2.23. The molecule has 3 atom stereocenters. The molecule has 6 heteroatoms. The van der Waals surface area contributed by atoms with Crippen LogP contribution in [0.5, 0.6) is 0 Å². The molecule has 2 aromatic carbocycles. The minimum atomic E-state index is -0.447. The second-order valence-electron chi connectivity index (χ2n) is 9.21. The van der Waals surface area contributed by atoms with E-state index in [1.54, 1.807) is 18.3 Å². The minimum Gasteiger partial charge on any atom is -0.338 e. The van der Waals surface area contributed by atoms with Crippen molar-refractivity contribution in [3.05, 3.63) is 71.3 Å². The maximum Gasteiger partial charge on any atom is 0.256 e. The molecule has 1 amide bonds. The Morgan fingerprint density at radius 1 is 1.13 bits per heavy atom. The van der Waals surface area contributed by atoms with Crippen molar-refractivity contribution >= 4 is 16.7 Å². The van der Waals surface area contributed by atoms with E-state index in [2.05, 4.69) is 15.1 Å². The molecule has 3 aliphatic heterocycles. The van der Waals surface area contributed by atoms with Crippen molar-refractivity contribution in [2.24, 2.45) is 11.8 Å². The van der Waals surface area contributed by atoms with Crippen LogP contribution in [0.25, 0.3) is 10.8 Å². The van der Waals surface area contributed by atoms with Crippen LogP contribution in [0.15, 0.2) is 48.7 Å². The lowest BCUT2D eigenvalue weighted by atomic mass is 9.92. The predicted molar refractivity (Wildman–Crippen MR) is 116 cm³/mol. The lowest BCUT2D eigenvalue weighted by molar-refractivity contribution is 0.0765. The highest BCUT2D eigenvalue weighted by Crippen LogP contribution is 2.41. The third-order valence-electron chi connectivity index (χ3n) is 7.44. The molecule has 6 rings (SSSR count). The van der Waals surface area contributed by atoms with Gasteiger partial charge in [0.05, 0.1) is 17.5 Å². The topological polar surface area (TPSA) is 49.3 Å². The normalized spacial score (nSPS) is 25.2. The number of fused-ring (bicyclic) bond motifs is 4. The highest BCUT2D eigenvalue weighted by atomic mass is 19.1. The quantitative estimate of drug-likeness (QED) is 0.656. The Balaban J connectivity index is 1.24. The molecule has 158 valence electrons. The van der Waals surface area contributed by atoms with Gasteiger partial charge < -0.3 is 4.90 Å². The first-order valence-electron chi connectivity index (χ1n) is 11.2. The summed E-state index contributed by atoms with van der Waals surface area (Å²) >= 11 is 0. The van der Waals surface area contributed by atoms with Gasteiger partial charge in [-0.15, -0.1) is 0 Å². The summed E-state index contributed by atoms with van der Waals surface area (Å²) in [6, 6.07) is 13.4. The number of amides is 1. The zero-order valence-corrected chi connectivity index (χ0v) is 17.4. The first kappa shape index (κ1) is 18.9. The molecule has 4 heterocycles. The summed E-state index contributed by atoms with van der Waals surface area (Å²) in [5.41, 5.74) is 1.88. The maximum atomic E-state index is 14.7. The fraction of sp³-hybridized carbons (Fsp3) is 0.400. The first-order valence-corrected chi connectivity index (χ1v) is 11.2. The van der Waals surface area contributed by atoms with Crippen LogP contribution in [0.4, 0.5) is 4.39 Å². The van der Waals surface area contributed by atoms with E-state index in [0.29, 0.717) is 24.3 Å². The summed E-state index contributed by atoms with van der Waals surface area (Å²) in [5, 5.41) is 10.5. The standard InChI is InChI=1S/C25H25FN4O/c26-22-8-7-16(11-23-19-5-2-1-4-17(19)12-27-28-23)10-20(22)25(31)30-14-18-13-29-9-3-6-24(29)21(18)15-30/h1-2,4-5,7-8,10,12,18,21,24H,3,6,9,11,13-15H2/t18-,21+,24?/m1/s1. The molecule has 3 aliphatic rings. The van der Waals surface area contributed by atoms with Crippen molar-refractivity contribution in [1.29, 1.82) is 0 Å². The van der Waals surface area contributed by atoms with Crippen molar-refractivity contribution in [2.75, 3.05) is 26.2 Å². The molecule has 3 fully saturated rings. The number of hydrogen-bond acceptors (Lipinski definition) is 4. The number of carbonyl (C=O) groups excluding carboxylic acids is 1. The molecular weight excluding hydrogens is 391 g/mol. The van der Waals surface area contributed by atoms with Gasteiger partial charge in [-0.05, 0) is 48.9 Å². The Bertz CT molecular complexity index is 1160. The van der Waals surface area contributed by atoms with Gasteiger partial charge in [-0.1, -0.05) is 30.3 Å². The van der Waals surface area contributed by atoms with E-state index in [0.717, 1.165) is 41.7 Å². The van der Waals surface area contributed by atoms with E-state index < -0.39 is 5.82 Å². The van der Waals surface area contributed by atoms with Gasteiger partial charge in [0.15, 0.2) is 0 Å². The van der Waals surface area contributed by atoms with Crippen LogP contribution in [0.3, 0.4) is 0 Å². The van der Waals surface area contributed by atoms with E-state index in [1.165, 1.54) is 25.5 Å². The van der Waals surface area contributed by atoms with Gasteiger partial charge in [-0.2, -0.15) is 10.2 Å². The third-order valence-corrected chi connectivity index (χ3v) is 7.44. The van der Waals surface area contributed by atoms with E-state index in [1.807, 2.05) is 29.2 Å². The Morgan fingerprint density at radius 3 is 2.97 bits per heavy atom. The molecule has 1 unspecified atom stereocenters. The average Bonchev–Trinajstić information content (AvgIpc) is 3.47. The van der Waals surface area contributed by atoms with Gasteiger partial charge in [-0.25, -0.2) is 4.39 Å². The van der Waals surface area contributed by atoms with Crippen LogP contribution < -0.4 is 0 Å². The molecule has 3 saturated heterocycles. The van der Waals surface area contributed by atoms with Crippen molar-refractivity contribution in [2.45, 2.75) is 25.3 Å². The summed E-state index contributed by atoms with van der Waals surface area (Å²) in [4.78, 5) is 17.7. The van der Waals surface area contributed by atoms with Crippen LogP contribution in [0.2, 0.25) is 0 Å². The minimum absolute atomic E-state index is 0.175. The van der Waals surface area contributed by atoms with Crippen LogP contribution in [-0.2, 0) is 6.42 Å². The predicted octanol–water partition coefficient (Wildman–Crippen LogP) is 3.53. The molecule has 5 nitrogen and oxygen atoms in total. The third kappa shape index (κ3) is 3.21. The zero-order chi connectivity index (χ0) is 20.9. The van der Waals surface area contributed by atoms with Gasteiger partial charge in [-0.3, -0.25) is 9.69 Å². The van der Waals surface area contributed by atoms with Gasteiger partial charge in [0.1, 0.15) is 5.82 Å². The molecule has 1 aromatic heterocycles. The summed E-state index contributed by atoms with van der Waals surface area (Å²) in [6.07, 6.45) is 4.75. The highest BCUT2D eigenvalue weighted by Gasteiger charge is 2.49. The zero-order valence-electron chi connectivity index (χ0n) is 17.4. The Hall–Kier alpha value is -2.86. The van der Waals surface area contributed by atoms with Crippen LogP contribution in [0.1, 0.15) is 34.5 Å². The number of likely N-dealkylation sites (tertiary alicyclic amines) is 1. The van der Waals surface area contributed by atoms with Crippen molar-refractivity contribution in [3.8, 4) is 0 Å². The number of hydrogen-bond donors (Lipinski definition) is 0. The molecule has 0 radical (unpaired) electrons. The van der Waals surface area contributed by atoms with Crippen molar-refractivity contribution in [3.63, 3.8) is 0 Å². The number of carbonyl (C=O) groups is 1. The van der Waals surface area contributed by atoms with Crippen molar-refractivity contribution < 1.29 is 9.18 Å². The largest absolute Gasteiger partial charge is 0.338 e. The molecule has 31 heavy (non-hydrogen) atoms. The fourth-order valence-corrected chi connectivity index (χ4v) is 5.98. The highest BCUT2D eigenvalue weighted by molar-refractivity contribution is 5.95. The molecule has 0 spiro atoms.